The van der Waals surface area contributed by atoms with E-state index in [0.717, 1.165) is 12.1 Å². The number of rotatable bonds is 7. The van der Waals surface area contributed by atoms with Crippen LogP contribution in [0.15, 0.2) is 41.5 Å². The van der Waals surface area contributed by atoms with Crippen molar-refractivity contribution >= 4 is 17.6 Å². The molecule has 0 aliphatic rings. The maximum Gasteiger partial charge on any atom is 0.416 e. The van der Waals surface area contributed by atoms with Gasteiger partial charge in [-0.3, -0.25) is 15.5 Å². The number of alkyl halides is 3. The van der Waals surface area contributed by atoms with E-state index in [1.807, 2.05) is 6.07 Å². The van der Waals surface area contributed by atoms with Gasteiger partial charge in [0.25, 0.3) is 5.69 Å². The van der Waals surface area contributed by atoms with Crippen LogP contribution in [0, 0.1) is 21.4 Å². The highest BCUT2D eigenvalue weighted by Crippen LogP contribution is 2.35. The summed E-state index contributed by atoms with van der Waals surface area (Å²) in [4.78, 5) is 10.1. The molecular weight excluding hydrogens is 381 g/mol. The van der Waals surface area contributed by atoms with Crippen LogP contribution in [-0.2, 0) is 6.18 Å². The molecule has 0 radical (unpaired) electrons. The molecular formula is C17H13F3N4O4. The molecule has 11 heteroatoms. The number of nitriles is 1. The maximum atomic E-state index is 12.7. The first-order chi connectivity index (χ1) is 13.3. The van der Waals surface area contributed by atoms with Crippen LogP contribution in [0.25, 0.3) is 0 Å². The number of methoxy groups -OCH3 is 1. The van der Waals surface area contributed by atoms with E-state index in [4.69, 9.17) is 14.7 Å². The van der Waals surface area contributed by atoms with Crippen LogP contribution in [0.1, 0.15) is 11.1 Å². The molecule has 0 aliphatic heterocycles. The normalized spacial score (nSPS) is 11.1. The first-order valence-electron chi connectivity index (χ1n) is 7.58. The van der Waals surface area contributed by atoms with Gasteiger partial charge in [0.15, 0.2) is 18.1 Å². The summed E-state index contributed by atoms with van der Waals surface area (Å²) in [6.07, 6.45) is -3.41. The number of anilines is 1. The summed E-state index contributed by atoms with van der Waals surface area (Å²) in [7, 11) is 1.40. The largest absolute Gasteiger partial charge is 0.493 e. The van der Waals surface area contributed by atoms with E-state index in [2.05, 4.69) is 10.5 Å². The van der Waals surface area contributed by atoms with Crippen LogP contribution >= 0.6 is 0 Å². The van der Waals surface area contributed by atoms with Gasteiger partial charge in [0.1, 0.15) is 11.8 Å². The molecule has 0 aromatic heterocycles. The first kappa shape index (κ1) is 20.5. The molecule has 0 saturated carbocycles. The molecule has 0 spiro atoms. The molecule has 2 rings (SSSR count). The van der Waals surface area contributed by atoms with Crippen molar-refractivity contribution in [3.63, 3.8) is 0 Å². The first-order valence-corrected chi connectivity index (χ1v) is 7.58. The van der Waals surface area contributed by atoms with Crippen LogP contribution in [0.5, 0.6) is 11.5 Å². The van der Waals surface area contributed by atoms with Crippen LogP contribution in [0.4, 0.5) is 24.5 Å². The lowest BCUT2D eigenvalue weighted by atomic mass is 10.1. The zero-order valence-corrected chi connectivity index (χ0v) is 14.4. The highest BCUT2D eigenvalue weighted by atomic mass is 19.4. The Labute approximate surface area is 156 Å². The molecule has 2 aromatic rings. The number of benzene rings is 2. The Hall–Kier alpha value is -3.81. The van der Waals surface area contributed by atoms with E-state index < -0.39 is 22.4 Å². The fraction of sp³-hybridized carbons (Fsp3) is 0.176. The van der Waals surface area contributed by atoms with Crippen molar-refractivity contribution in [1.29, 1.82) is 5.26 Å². The average molecular weight is 394 g/mol. The summed E-state index contributed by atoms with van der Waals surface area (Å²) in [5, 5.41) is 23.4. The number of nitrogens with zero attached hydrogens (tertiary/aromatic N) is 3. The molecule has 0 atom stereocenters. The van der Waals surface area contributed by atoms with Gasteiger partial charge in [0.05, 0.1) is 23.8 Å². The molecule has 0 fully saturated rings. The summed E-state index contributed by atoms with van der Waals surface area (Å²) in [5.41, 5.74) is 0.779. The molecule has 146 valence electrons. The predicted octanol–water partition coefficient (Wildman–Crippen LogP) is 3.97. The summed E-state index contributed by atoms with van der Waals surface area (Å²) in [5.74, 6) is 0.673. The van der Waals surface area contributed by atoms with E-state index in [1.165, 1.54) is 19.4 Å². The third-order valence-corrected chi connectivity index (χ3v) is 3.40. The second-order valence-electron chi connectivity index (χ2n) is 5.21. The van der Waals surface area contributed by atoms with Crippen molar-refractivity contribution in [3.8, 4) is 17.6 Å². The fourth-order valence-electron chi connectivity index (χ4n) is 2.12. The molecule has 28 heavy (non-hydrogen) atoms. The summed E-state index contributed by atoms with van der Waals surface area (Å²) in [6, 6.07) is 8.57. The summed E-state index contributed by atoms with van der Waals surface area (Å²) < 4.78 is 48.4. The molecule has 0 heterocycles. The average Bonchev–Trinajstić information content (AvgIpc) is 2.65. The van der Waals surface area contributed by atoms with Crippen LogP contribution in [0.2, 0.25) is 0 Å². The molecule has 0 aliphatic carbocycles. The quantitative estimate of drug-likeness (QED) is 0.432. The number of hydrogen-bond acceptors (Lipinski definition) is 7. The van der Waals surface area contributed by atoms with Crippen LogP contribution < -0.4 is 14.9 Å². The van der Waals surface area contributed by atoms with Crippen molar-refractivity contribution in [2.45, 2.75) is 6.18 Å². The third kappa shape index (κ3) is 5.10. The van der Waals surface area contributed by atoms with Gasteiger partial charge in [-0.15, -0.1) is 0 Å². The van der Waals surface area contributed by atoms with E-state index in [1.54, 1.807) is 12.1 Å². The zero-order valence-electron chi connectivity index (χ0n) is 14.4. The van der Waals surface area contributed by atoms with Gasteiger partial charge < -0.3 is 9.47 Å². The lowest BCUT2D eigenvalue weighted by molar-refractivity contribution is -0.384. The number of halogens is 3. The number of nitro benzene ring substituents is 1. The molecule has 0 amide bonds. The molecule has 2 aromatic carbocycles. The smallest absolute Gasteiger partial charge is 0.416 e. The van der Waals surface area contributed by atoms with Gasteiger partial charge in [-0.05, 0) is 35.9 Å². The fourth-order valence-corrected chi connectivity index (χ4v) is 2.12. The lowest BCUT2D eigenvalue weighted by Gasteiger charge is -2.09. The van der Waals surface area contributed by atoms with Gasteiger partial charge in [-0.1, -0.05) is 0 Å². The Bertz CT molecular complexity index is 939. The number of nitrogens with one attached hydrogen (secondary N) is 1. The van der Waals surface area contributed by atoms with E-state index in [0.29, 0.717) is 23.1 Å². The predicted molar refractivity (Wildman–Crippen MR) is 93.4 cm³/mol. The molecule has 0 unspecified atom stereocenters. The monoisotopic (exact) mass is 394 g/mol. The van der Waals surface area contributed by atoms with Gasteiger partial charge in [0.2, 0.25) is 0 Å². The van der Waals surface area contributed by atoms with Gasteiger partial charge in [0, 0.05) is 6.07 Å². The lowest BCUT2D eigenvalue weighted by Crippen LogP contribution is -2.06. The Morgan fingerprint density at radius 1 is 1.29 bits per heavy atom. The molecule has 0 saturated heterocycles. The van der Waals surface area contributed by atoms with Crippen molar-refractivity contribution in [3.05, 3.63) is 57.6 Å². The van der Waals surface area contributed by atoms with E-state index >= 15 is 0 Å². The van der Waals surface area contributed by atoms with E-state index in [9.17, 15) is 23.3 Å². The van der Waals surface area contributed by atoms with E-state index in [-0.39, 0.29) is 12.3 Å². The Morgan fingerprint density at radius 3 is 2.64 bits per heavy atom. The van der Waals surface area contributed by atoms with Crippen LogP contribution in [-0.4, -0.2) is 24.9 Å². The highest BCUT2D eigenvalue weighted by Gasteiger charge is 2.33. The number of hydrogen-bond donors (Lipinski definition) is 1. The third-order valence-electron chi connectivity index (χ3n) is 3.40. The van der Waals surface area contributed by atoms with Crippen LogP contribution in [0.3, 0.4) is 0 Å². The summed E-state index contributed by atoms with van der Waals surface area (Å²) >= 11 is 0. The van der Waals surface area contributed by atoms with Gasteiger partial charge >= 0.3 is 6.18 Å². The maximum absolute atomic E-state index is 12.7. The number of ether oxygens (including phenoxy) is 2. The molecule has 8 nitrogen and oxygen atoms in total. The van der Waals surface area contributed by atoms with Crippen molar-refractivity contribution in [2.24, 2.45) is 5.10 Å². The highest BCUT2D eigenvalue weighted by molar-refractivity contribution is 5.82. The Kier molecular flexibility index (Phi) is 6.38. The zero-order chi connectivity index (χ0) is 20.7. The second kappa shape index (κ2) is 8.72. The molecule has 0 bridgehead atoms. The second-order valence-corrected chi connectivity index (χ2v) is 5.21. The Morgan fingerprint density at radius 2 is 2.04 bits per heavy atom. The van der Waals surface area contributed by atoms with Crippen molar-refractivity contribution in [2.75, 3.05) is 19.1 Å². The minimum Gasteiger partial charge on any atom is -0.493 e. The van der Waals surface area contributed by atoms with Crippen molar-refractivity contribution < 1.29 is 27.6 Å². The van der Waals surface area contributed by atoms with Crippen molar-refractivity contribution in [1.82, 2.24) is 0 Å². The molecule has 1 N–H and O–H groups in total. The Balaban J connectivity index is 2.20. The minimum atomic E-state index is -4.70. The number of hydrazone groups is 1. The SMILES string of the molecule is COc1cc(/C=N\Nc2ccc(C(F)(F)F)cc2[N+](=O)[O-])ccc1OCC#N. The van der Waals surface area contributed by atoms with Gasteiger partial charge in [-0.25, -0.2) is 0 Å². The van der Waals surface area contributed by atoms with Gasteiger partial charge in [-0.2, -0.15) is 23.5 Å². The topological polar surface area (TPSA) is 110 Å². The minimum absolute atomic E-state index is 0.164. The summed E-state index contributed by atoms with van der Waals surface area (Å²) in [6.45, 7) is -0.164. The number of nitro groups is 1. The standard InChI is InChI=1S/C17H13F3N4O4/c1-27-16-8-11(2-5-15(16)28-7-6-21)10-22-23-13-4-3-12(17(18,19)20)9-14(13)24(25)26/h2-5,8-10,23H,7H2,1H3/b22-10-.